The van der Waals surface area contributed by atoms with E-state index in [1.807, 2.05) is 0 Å². The molecule has 1 aromatic carbocycles. The maximum Gasteiger partial charge on any atom is 0.335 e. The van der Waals surface area contributed by atoms with Gasteiger partial charge in [-0.3, -0.25) is 0 Å². The molecule has 0 spiro atoms. The number of esters is 2. The second-order valence-corrected chi connectivity index (χ2v) is 2.70. The number of benzene rings is 1. The predicted octanol–water partition coefficient (Wildman–Crippen LogP) is 1.87. The van der Waals surface area contributed by atoms with Gasteiger partial charge in [-0.05, 0) is 12.1 Å². The molecule has 0 aliphatic heterocycles. The Morgan fingerprint density at radius 2 is 1.31 bits per heavy atom. The molecule has 0 N–H and O–H groups in total. The molecule has 0 aliphatic carbocycles. The predicted molar refractivity (Wildman–Crippen MR) is 58.1 cm³/mol. The molecule has 0 fully saturated rings. The van der Waals surface area contributed by atoms with Crippen LogP contribution in [-0.4, -0.2) is 11.9 Å². The monoisotopic (exact) mass is 218 g/mol. The van der Waals surface area contributed by atoms with Crippen LogP contribution in [0.1, 0.15) is 0 Å². The minimum atomic E-state index is -0.623. The fourth-order valence-corrected chi connectivity index (χ4v) is 0.919. The summed E-state index contributed by atoms with van der Waals surface area (Å²) in [5.74, 6) is -0.936. The van der Waals surface area contributed by atoms with Crippen molar-refractivity contribution in [2.24, 2.45) is 0 Å². The van der Waals surface area contributed by atoms with Crippen molar-refractivity contribution in [3.63, 3.8) is 0 Å². The van der Waals surface area contributed by atoms with Crippen LogP contribution in [0, 0.1) is 0 Å². The van der Waals surface area contributed by atoms with Gasteiger partial charge in [0.25, 0.3) is 0 Å². The molecule has 0 atom stereocenters. The molecule has 1 rings (SSSR count). The van der Waals surface area contributed by atoms with Crippen molar-refractivity contribution in [2.45, 2.75) is 0 Å². The molecule has 0 aliphatic rings. The number of hydrogen-bond donors (Lipinski definition) is 0. The Morgan fingerprint density at radius 3 is 1.62 bits per heavy atom. The quantitative estimate of drug-likeness (QED) is 0.440. The van der Waals surface area contributed by atoms with Crippen LogP contribution in [-0.2, 0) is 9.59 Å². The maximum atomic E-state index is 11.0. The summed E-state index contributed by atoms with van der Waals surface area (Å²) in [6.07, 6.45) is 2.04. The summed E-state index contributed by atoms with van der Waals surface area (Å²) in [7, 11) is 0. The van der Waals surface area contributed by atoms with Crippen LogP contribution in [0.15, 0.2) is 49.6 Å². The smallest absolute Gasteiger partial charge is 0.335 e. The highest BCUT2D eigenvalue weighted by Crippen LogP contribution is 2.26. The average Bonchev–Trinajstić information content (AvgIpc) is 2.31. The van der Waals surface area contributed by atoms with Crippen LogP contribution in [0.4, 0.5) is 0 Å². The van der Waals surface area contributed by atoms with Crippen LogP contribution in [0.25, 0.3) is 0 Å². The van der Waals surface area contributed by atoms with E-state index in [0.717, 1.165) is 12.2 Å². The Hall–Kier alpha value is -2.36. The molecule has 82 valence electrons. The van der Waals surface area contributed by atoms with Gasteiger partial charge in [-0.1, -0.05) is 25.3 Å². The Labute approximate surface area is 92.8 Å². The highest BCUT2D eigenvalue weighted by Gasteiger charge is 2.09. The van der Waals surface area contributed by atoms with E-state index in [4.69, 9.17) is 9.47 Å². The van der Waals surface area contributed by atoms with Crippen molar-refractivity contribution in [1.82, 2.24) is 0 Å². The number of rotatable bonds is 4. The van der Waals surface area contributed by atoms with Gasteiger partial charge >= 0.3 is 11.9 Å². The first kappa shape index (κ1) is 11.7. The van der Waals surface area contributed by atoms with Gasteiger partial charge in [-0.15, -0.1) is 0 Å². The summed E-state index contributed by atoms with van der Waals surface area (Å²) < 4.78 is 9.74. The van der Waals surface area contributed by atoms with Gasteiger partial charge in [0.1, 0.15) is 0 Å². The highest BCUT2D eigenvalue weighted by atomic mass is 16.6. The van der Waals surface area contributed by atoms with Crippen molar-refractivity contribution in [2.75, 3.05) is 0 Å². The number of carbonyl (C=O) groups is 2. The van der Waals surface area contributed by atoms with E-state index in [9.17, 15) is 9.59 Å². The molecular weight excluding hydrogens is 208 g/mol. The maximum absolute atomic E-state index is 11.0. The van der Waals surface area contributed by atoms with E-state index in [1.165, 1.54) is 12.1 Å². The number of hydrogen-bond acceptors (Lipinski definition) is 4. The third kappa shape index (κ3) is 3.09. The summed E-state index contributed by atoms with van der Waals surface area (Å²) in [5.41, 5.74) is 0. The second-order valence-electron chi connectivity index (χ2n) is 2.70. The molecule has 4 nitrogen and oxygen atoms in total. The average molecular weight is 218 g/mol. The van der Waals surface area contributed by atoms with Gasteiger partial charge in [0, 0.05) is 12.2 Å². The first-order chi connectivity index (χ1) is 7.67. The Kier molecular flexibility index (Phi) is 4.03. The summed E-state index contributed by atoms with van der Waals surface area (Å²) in [6, 6.07) is 6.31. The minimum Gasteiger partial charge on any atom is -0.419 e. The molecule has 0 aromatic heterocycles. The Morgan fingerprint density at radius 1 is 0.938 bits per heavy atom. The van der Waals surface area contributed by atoms with Gasteiger partial charge in [0.05, 0.1) is 0 Å². The van der Waals surface area contributed by atoms with E-state index in [0.29, 0.717) is 0 Å². The van der Waals surface area contributed by atoms with Gasteiger partial charge < -0.3 is 9.47 Å². The lowest BCUT2D eigenvalue weighted by molar-refractivity contribution is -0.131. The zero-order valence-corrected chi connectivity index (χ0v) is 8.51. The molecule has 16 heavy (non-hydrogen) atoms. The van der Waals surface area contributed by atoms with Crippen molar-refractivity contribution < 1.29 is 19.1 Å². The molecule has 0 bridgehead atoms. The zero-order chi connectivity index (χ0) is 12.0. The SMILES string of the molecule is C=CC(=O)Oc1ccccc1OC(=O)C=C. The molecule has 0 saturated heterocycles. The molecule has 0 unspecified atom stereocenters. The van der Waals surface area contributed by atoms with E-state index < -0.39 is 11.9 Å². The van der Waals surface area contributed by atoms with E-state index >= 15 is 0 Å². The highest BCUT2D eigenvalue weighted by molar-refractivity contribution is 5.86. The first-order valence-electron chi connectivity index (χ1n) is 4.45. The van der Waals surface area contributed by atoms with Crippen LogP contribution < -0.4 is 9.47 Å². The minimum absolute atomic E-state index is 0.155. The number of para-hydroxylation sites is 2. The number of carbonyl (C=O) groups excluding carboxylic acids is 2. The normalized spacial score (nSPS) is 9.00. The summed E-state index contributed by atoms with van der Waals surface area (Å²) in [4.78, 5) is 22.0. The van der Waals surface area contributed by atoms with E-state index in [-0.39, 0.29) is 11.5 Å². The van der Waals surface area contributed by atoms with Crippen molar-refractivity contribution in [1.29, 1.82) is 0 Å². The topological polar surface area (TPSA) is 52.6 Å². The molecule has 4 heteroatoms. The third-order valence-corrected chi connectivity index (χ3v) is 1.60. The lowest BCUT2D eigenvalue weighted by Gasteiger charge is -2.07. The van der Waals surface area contributed by atoms with Crippen LogP contribution in [0.3, 0.4) is 0 Å². The number of ether oxygens (including phenoxy) is 2. The van der Waals surface area contributed by atoms with Crippen molar-refractivity contribution in [3.8, 4) is 11.5 Å². The third-order valence-electron chi connectivity index (χ3n) is 1.60. The second kappa shape index (κ2) is 5.50. The summed E-state index contributed by atoms with van der Waals surface area (Å²) in [5, 5.41) is 0. The fourth-order valence-electron chi connectivity index (χ4n) is 0.919. The summed E-state index contributed by atoms with van der Waals surface area (Å²) in [6.45, 7) is 6.53. The van der Waals surface area contributed by atoms with Crippen LogP contribution in [0.2, 0.25) is 0 Å². The first-order valence-corrected chi connectivity index (χ1v) is 4.45. The van der Waals surface area contributed by atoms with E-state index in [1.54, 1.807) is 12.1 Å². The Bertz CT molecular complexity index is 393. The fraction of sp³-hybridized carbons (Fsp3) is 0. The van der Waals surface area contributed by atoms with Crippen molar-refractivity contribution in [3.05, 3.63) is 49.6 Å². The zero-order valence-electron chi connectivity index (χ0n) is 8.51. The summed E-state index contributed by atoms with van der Waals surface area (Å²) >= 11 is 0. The van der Waals surface area contributed by atoms with Gasteiger partial charge in [-0.25, -0.2) is 9.59 Å². The lowest BCUT2D eigenvalue weighted by atomic mass is 10.3. The molecule has 0 saturated carbocycles. The van der Waals surface area contributed by atoms with Crippen LogP contribution in [0.5, 0.6) is 11.5 Å². The van der Waals surface area contributed by atoms with Crippen molar-refractivity contribution >= 4 is 11.9 Å². The molecule has 0 heterocycles. The molecular formula is C12H10O4. The molecule has 0 amide bonds. The largest absolute Gasteiger partial charge is 0.419 e. The van der Waals surface area contributed by atoms with Gasteiger partial charge in [0.15, 0.2) is 11.5 Å². The Balaban J connectivity index is 2.91. The van der Waals surface area contributed by atoms with Gasteiger partial charge in [0.2, 0.25) is 0 Å². The van der Waals surface area contributed by atoms with Gasteiger partial charge in [-0.2, -0.15) is 0 Å². The standard InChI is InChI=1S/C12H10O4/c1-3-11(13)15-9-7-5-6-8-10(9)16-12(14)4-2/h3-8H,1-2H2. The van der Waals surface area contributed by atoms with Crippen LogP contribution >= 0.6 is 0 Å². The lowest BCUT2D eigenvalue weighted by Crippen LogP contribution is -2.08. The molecule has 1 aromatic rings. The van der Waals surface area contributed by atoms with E-state index in [2.05, 4.69) is 13.2 Å². The molecule has 0 radical (unpaired) electrons.